The molecule has 0 spiro atoms. The van der Waals surface area contributed by atoms with Crippen LogP contribution in [0.2, 0.25) is 0 Å². The van der Waals surface area contributed by atoms with Crippen LogP contribution in [0.25, 0.3) is 0 Å². The molecule has 1 rings (SSSR count). The van der Waals surface area contributed by atoms with Gasteiger partial charge >= 0.3 is 0 Å². The van der Waals surface area contributed by atoms with Crippen molar-refractivity contribution in [2.24, 2.45) is 10.8 Å². The molecular weight excluding hydrogens is 176 g/mol. The minimum Gasteiger partial charge on any atom is -0.391 e. The lowest BCUT2D eigenvalue weighted by atomic mass is 9.48. The highest BCUT2D eigenvalue weighted by atomic mass is 16.3. The van der Waals surface area contributed by atoms with Crippen LogP contribution in [0, 0.1) is 10.8 Å². The summed E-state index contributed by atoms with van der Waals surface area (Å²) in [5, 5.41) is 10.1. The highest BCUT2D eigenvalue weighted by Gasteiger charge is 2.64. The summed E-state index contributed by atoms with van der Waals surface area (Å²) >= 11 is 0. The Bertz CT molecular complexity index is 224. The Labute approximate surface area is 86.7 Å². The maximum absolute atomic E-state index is 12.0. The number of hydrogen-bond donors (Lipinski definition) is 1. The zero-order chi connectivity index (χ0) is 11.0. The van der Waals surface area contributed by atoms with Gasteiger partial charge in [-0.25, -0.2) is 0 Å². The second-order valence-electron chi connectivity index (χ2n) is 5.11. The molecular formula is C12H22O2. The summed E-state index contributed by atoms with van der Waals surface area (Å²) in [7, 11) is 0. The summed E-state index contributed by atoms with van der Waals surface area (Å²) < 4.78 is 0. The maximum Gasteiger partial charge on any atom is 0.149 e. The van der Waals surface area contributed by atoms with Crippen LogP contribution in [-0.4, -0.2) is 17.0 Å². The highest BCUT2D eigenvalue weighted by Crippen LogP contribution is 2.55. The predicted molar refractivity (Wildman–Crippen MR) is 57.0 cm³/mol. The summed E-state index contributed by atoms with van der Waals surface area (Å²) in [5.74, 6) is 0.265. The first-order valence-electron chi connectivity index (χ1n) is 5.66. The van der Waals surface area contributed by atoms with E-state index in [1.807, 2.05) is 13.8 Å². The first-order chi connectivity index (χ1) is 6.43. The largest absolute Gasteiger partial charge is 0.391 e. The molecule has 2 nitrogen and oxygen atoms in total. The zero-order valence-corrected chi connectivity index (χ0v) is 9.76. The van der Waals surface area contributed by atoms with Crippen molar-refractivity contribution in [2.75, 3.05) is 0 Å². The van der Waals surface area contributed by atoms with Gasteiger partial charge in [-0.3, -0.25) is 4.79 Å². The monoisotopic (exact) mass is 198 g/mol. The van der Waals surface area contributed by atoms with Crippen LogP contribution < -0.4 is 0 Å². The number of aliphatic hydroxyl groups is 1. The van der Waals surface area contributed by atoms with Gasteiger partial charge in [0.05, 0.1) is 16.9 Å². The van der Waals surface area contributed by atoms with Crippen LogP contribution in [0.5, 0.6) is 0 Å². The van der Waals surface area contributed by atoms with Crippen molar-refractivity contribution in [1.82, 2.24) is 0 Å². The minimum atomic E-state index is -0.510. The second kappa shape index (κ2) is 3.65. The van der Waals surface area contributed by atoms with Gasteiger partial charge in [0.25, 0.3) is 0 Å². The molecule has 1 saturated carbocycles. The number of carbonyl (C=O) groups is 1. The van der Waals surface area contributed by atoms with E-state index in [0.29, 0.717) is 0 Å². The summed E-state index contributed by atoms with van der Waals surface area (Å²) in [6.07, 6.45) is 3.18. The van der Waals surface area contributed by atoms with Gasteiger partial charge in [0.1, 0.15) is 5.78 Å². The first kappa shape index (κ1) is 11.7. The quantitative estimate of drug-likeness (QED) is 0.753. The average molecular weight is 198 g/mol. The van der Waals surface area contributed by atoms with Crippen LogP contribution >= 0.6 is 0 Å². The summed E-state index contributed by atoms with van der Waals surface area (Å²) in [5.41, 5.74) is -0.919. The van der Waals surface area contributed by atoms with Crippen LogP contribution in [-0.2, 0) is 4.79 Å². The molecule has 1 fully saturated rings. The molecule has 0 aromatic carbocycles. The van der Waals surface area contributed by atoms with E-state index < -0.39 is 16.9 Å². The van der Waals surface area contributed by atoms with Gasteiger partial charge in [-0.15, -0.1) is 0 Å². The van der Waals surface area contributed by atoms with Gasteiger partial charge in [-0.1, -0.05) is 40.5 Å². The van der Waals surface area contributed by atoms with E-state index in [9.17, 15) is 9.90 Å². The van der Waals surface area contributed by atoms with Gasteiger partial charge in [0.2, 0.25) is 0 Å². The molecule has 82 valence electrons. The molecule has 1 aliphatic rings. The number of ketones is 1. The Morgan fingerprint density at radius 3 is 1.93 bits per heavy atom. The van der Waals surface area contributed by atoms with E-state index in [1.54, 1.807) is 0 Å². The fourth-order valence-corrected chi connectivity index (χ4v) is 3.02. The van der Waals surface area contributed by atoms with E-state index in [-0.39, 0.29) is 5.78 Å². The molecule has 0 bridgehead atoms. The SMILES string of the molecule is CCCC1(CCC)C(=O)C(C)(C)C1O. The van der Waals surface area contributed by atoms with Gasteiger partial charge in [-0.05, 0) is 12.8 Å². The van der Waals surface area contributed by atoms with Crippen LogP contribution in [0.1, 0.15) is 53.4 Å². The van der Waals surface area contributed by atoms with Crippen molar-refractivity contribution in [1.29, 1.82) is 0 Å². The van der Waals surface area contributed by atoms with E-state index in [0.717, 1.165) is 25.7 Å². The lowest BCUT2D eigenvalue weighted by Crippen LogP contribution is -2.67. The Morgan fingerprint density at radius 1 is 1.21 bits per heavy atom. The van der Waals surface area contributed by atoms with E-state index >= 15 is 0 Å². The number of aliphatic hydroxyl groups excluding tert-OH is 1. The molecule has 0 amide bonds. The van der Waals surface area contributed by atoms with Gasteiger partial charge in [0, 0.05) is 0 Å². The van der Waals surface area contributed by atoms with Crippen molar-refractivity contribution in [3.8, 4) is 0 Å². The molecule has 2 heteroatoms. The van der Waals surface area contributed by atoms with Crippen molar-refractivity contribution in [3.05, 3.63) is 0 Å². The smallest absolute Gasteiger partial charge is 0.149 e. The van der Waals surface area contributed by atoms with Crippen LogP contribution in [0.15, 0.2) is 0 Å². The Balaban J connectivity index is 2.86. The third-order valence-corrected chi connectivity index (χ3v) is 3.64. The average Bonchev–Trinajstić information content (AvgIpc) is 2.15. The summed E-state index contributed by atoms with van der Waals surface area (Å²) in [4.78, 5) is 12.0. The molecule has 1 N–H and O–H groups in total. The van der Waals surface area contributed by atoms with Crippen molar-refractivity contribution >= 4 is 5.78 Å². The summed E-state index contributed by atoms with van der Waals surface area (Å²) in [6.45, 7) is 7.85. The Kier molecular flexibility index (Phi) is 3.05. The fourth-order valence-electron chi connectivity index (χ4n) is 3.02. The van der Waals surface area contributed by atoms with Gasteiger partial charge in [0.15, 0.2) is 0 Å². The van der Waals surface area contributed by atoms with Crippen molar-refractivity contribution < 1.29 is 9.90 Å². The lowest BCUT2D eigenvalue weighted by Gasteiger charge is -2.56. The fraction of sp³-hybridized carbons (Fsp3) is 0.917. The molecule has 0 saturated heterocycles. The molecule has 0 aromatic rings. The van der Waals surface area contributed by atoms with Crippen molar-refractivity contribution in [2.45, 2.75) is 59.5 Å². The Morgan fingerprint density at radius 2 is 1.64 bits per heavy atom. The summed E-state index contributed by atoms with van der Waals surface area (Å²) in [6, 6.07) is 0. The standard InChI is InChI=1S/C12H22O2/c1-5-7-12(8-6-2)9(13)11(3,4)10(12)14/h9,13H,5-8H2,1-4H3. The lowest BCUT2D eigenvalue weighted by molar-refractivity contribution is -0.190. The molecule has 0 aromatic heterocycles. The van der Waals surface area contributed by atoms with E-state index in [4.69, 9.17) is 0 Å². The number of Topliss-reactive ketones (excluding diaryl/α,β-unsaturated/α-hetero) is 1. The highest BCUT2D eigenvalue weighted by molar-refractivity contribution is 5.97. The molecule has 0 aliphatic heterocycles. The minimum absolute atomic E-state index is 0.265. The third kappa shape index (κ3) is 1.31. The predicted octanol–water partition coefficient (Wildman–Crippen LogP) is 2.54. The second-order valence-corrected chi connectivity index (χ2v) is 5.11. The van der Waals surface area contributed by atoms with E-state index in [2.05, 4.69) is 13.8 Å². The molecule has 14 heavy (non-hydrogen) atoms. The van der Waals surface area contributed by atoms with Crippen LogP contribution in [0.4, 0.5) is 0 Å². The number of carbonyl (C=O) groups excluding carboxylic acids is 1. The molecule has 1 unspecified atom stereocenters. The molecule has 0 radical (unpaired) electrons. The molecule has 0 heterocycles. The van der Waals surface area contributed by atoms with E-state index in [1.165, 1.54) is 0 Å². The van der Waals surface area contributed by atoms with Crippen molar-refractivity contribution in [3.63, 3.8) is 0 Å². The Hall–Kier alpha value is -0.370. The number of hydrogen-bond acceptors (Lipinski definition) is 2. The molecule has 1 aliphatic carbocycles. The molecule has 1 atom stereocenters. The third-order valence-electron chi connectivity index (χ3n) is 3.64. The van der Waals surface area contributed by atoms with Gasteiger partial charge < -0.3 is 5.11 Å². The maximum atomic E-state index is 12.0. The zero-order valence-electron chi connectivity index (χ0n) is 9.76. The first-order valence-corrected chi connectivity index (χ1v) is 5.66. The van der Waals surface area contributed by atoms with Crippen LogP contribution in [0.3, 0.4) is 0 Å². The topological polar surface area (TPSA) is 37.3 Å². The number of rotatable bonds is 4. The van der Waals surface area contributed by atoms with Gasteiger partial charge in [-0.2, -0.15) is 0 Å². The normalized spacial score (nSPS) is 28.6.